The molecule has 6 heteroatoms. The highest BCUT2D eigenvalue weighted by Gasteiger charge is 2.25. The summed E-state index contributed by atoms with van der Waals surface area (Å²) < 4.78 is 27.5. The van der Waals surface area contributed by atoms with Gasteiger partial charge in [0, 0.05) is 12.7 Å². The normalized spacial score (nSPS) is 10.1. The smallest absolute Gasteiger partial charge is 0.208 e. The first-order chi connectivity index (χ1) is 8.65. The lowest BCUT2D eigenvalue weighted by Crippen LogP contribution is -2.05. The topological polar surface area (TPSA) is 46.2 Å². The van der Waals surface area contributed by atoms with Crippen LogP contribution in [0.1, 0.15) is 5.56 Å². The quantitative estimate of drug-likeness (QED) is 0.722. The van der Waals surface area contributed by atoms with Gasteiger partial charge in [-0.2, -0.15) is 0 Å². The summed E-state index contributed by atoms with van der Waals surface area (Å²) in [6.07, 6.45) is 0. The molecule has 0 radical (unpaired) electrons. The third-order valence-corrected chi connectivity index (χ3v) is 3.60. The molecule has 0 bridgehead atoms. The highest BCUT2D eigenvalue weighted by Crippen LogP contribution is 2.49. The predicted octanol–water partition coefficient (Wildman–Crippen LogP) is 2.47. The Morgan fingerprint density at radius 2 is 1.17 bits per heavy atom. The second-order valence-corrected chi connectivity index (χ2v) is 4.44. The first-order valence-corrected chi connectivity index (χ1v) is 6.27. The predicted molar refractivity (Wildman–Crippen MR) is 76.1 cm³/mol. The van der Waals surface area contributed by atoms with E-state index in [4.69, 9.17) is 23.7 Å². The molecule has 0 aliphatic carbocycles. The molecule has 5 nitrogen and oxygen atoms in total. The Labute approximate surface area is 120 Å². The van der Waals surface area contributed by atoms with Gasteiger partial charge in [-0.15, -0.1) is 0 Å². The average Bonchev–Trinajstić information content (AvgIpc) is 2.39. The van der Waals surface area contributed by atoms with E-state index in [0.717, 1.165) is 9.13 Å². The van der Waals surface area contributed by atoms with Crippen molar-refractivity contribution in [3.63, 3.8) is 0 Å². The second-order valence-electron chi connectivity index (χ2n) is 3.36. The zero-order valence-corrected chi connectivity index (χ0v) is 13.3. The molecular formula is C12H17IO5. The van der Waals surface area contributed by atoms with Crippen LogP contribution in [0.5, 0.6) is 23.0 Å². The van der Waals surface area contributed by atoms with Crippen molar-refractivity contribution in [1.29, 1.82) is 0 Å². The molecule has 0 spiro atoms. The lowest BCUT2D eigenvalue weighted by Gasteiger charge is -2.20. The summed E-state index contributed by atoms with van der Waals surface area (Å²) in [6.45, 7) is 0.401. The summed E-state index contributed by atoms with van der Waals surface area (Å²) in [7, 11) is 7.91. The molecule has 0 aromatic heterocycles. The van der Waals surface area contributed by atoms with Crippen molar-refractivity contribution in [1.82, 2.24) is 0 Å². The minimum Gasteiger partial charge on any atom is -0.492 e. The molecule has 0 unspecified atom stereocenters. The minimum atomic E-state index is 0.401. The van der Waals surface area contributed by atoms with Gasteiger partial charge in [0.25, 0.3) is 0 Å². The molecule has 0 saturated heterocycles. The molecule has 0 saturated carbocycles. The van der Waals surface area contributed by atoms with Gasteiger partial charge >= 0.3 is 0 Å². The largest absolute Gasteiger partial charge is 0.492 e. The number of rotatable bonds is 6. The van der Waals surface area contributed by atoms with Crippen LogP contribution in [0.2, 0.25) is 0 Å². The van der Waals surface area contributed by atoms with Gasteiger partial charge in [-0.1, -0.05) is 0 Å². The Balaban J connectivity index is 3.61. The van der Waals surface area contributed by atoms with E-state index >= 15 is 0 Å². The van der Waals surface area contributed by atoms with E-state index in [1.807, 2.05) is 0 Å². The summed E-state index contributed by atoms with van der Waals surface area (Å²) in [4.78, 5) is 0. The van der Waals surface area contributed by atoms with Gasteiger partial charge in [0.15, 0.2) is 11.5 Å². The Hall–Kier alpha value is -0.890. The van der Waals surface area contributed by atoms with Crippen molar-refractivity contribution < 1.29 is 23.7 Å². The summed E-state index contributed by atoms with van der Waals surface area (Å²) in [5.74, 6) is 2.23. The SMILES string of the molecule is COCc1c(I)c(OC)c(OC)c(OC)c1OC. The molecule has 0 N–H and O–H groups in total. The summed E-state index contributed by atoms with van der Waals surface area (Å²) in [5, 5.41) is 0. The van der Waals surface area contributed by atoms with Crippen molar-refractivity contribution >= 4 is 22.6 Å². The molecule has 1 rings (SSSR count). The van der Waals surface area contributed by atoms with E-state index in [9.17, 15) is 0 Å². The van der Waals surface area contributed by atoms with Crippen LogP contribution in [-0.2, 0) is 11.3 Å². The molecule has 18 heavy (non-hydrogen) atoms. The molecule has 1 aromatic rings. The minimum absolute atomic E-state index is 0.401. The van der Waals surface area contributed by atoms with Crippen LogP contribution in [0.25, 0.3) is 0 Å². The first-order valence-electron chi connectivity index (χ1n) is 5.19. The van der Waals surface area contributed by atoms with E-state index in [1.165, 1.54) is 0 Å². The van der Waals surface area contributed by atoms with E-state index < -0.39 is 0 Å². The van der Waals surface area contributed by atoms with Gasteiger partial charge < -0.3 is 23.7 Å². The molecule has 0 aliphatic rings. The van der Waals surface area contributed by atoms with Gasteiger partial charge in [0.1, 0.15) is 0 Å². The fourth-order valence-corrected chi connectivity index (χ4v) is 2.59. The van der Waals surface area contributed by atoms with Crippen LogP contribution in [0, 0.1) is 3.57 Å². The zero-order chi connectivity index (χ0) is 13.7. The number of ether oxygens (including phenoxy) is 5. The molecule has 1 aromatic carbocycles. The molecular weight excluding hydrogens is 351 g/mol. The maximum Gasteiger partial charge on any atom is 0.208 e. The number of halogens is 1. The van der Waals surface area contributed by atoms with Crippen LogP contribution in [0.15, 0.2) is 0 Å². The van der Waals surface area contributed by atoms with E-state index in [-0.39, 0.29) is 0 Å². The zero-order valence-electron chi connectivity index (χ0n) is 11.1. The molecule has 102 valence electrons. The summed E-state index contributed by atoms with van der Waals surface area (Å²) >= 11 is 2.17. The van der Waals surface area contributed by atoms with Crippen molar-refractivity contribution in [3.8, 4) is 23.0 Å². The van der Waals surface area contributed by atoms with Crippen molar-refractivity contribution in [2.75, 3.05) is 35.5 Å². The van der Waals surface area contributed by atoms with Crippen molar-refractivity contribution in [2.45, 2.75) is 6.61 Å². The molecule has 0 atom stereocenters. The van der Waals surface area contributed by atoms with E-state index in [2.05, 4.69) is 22.6 Å². The summed E-state index contributed by atoms with van der Waals surface area (Å²) in [6, 6.07) is 0. The Morgan fingerprint density at radius 3 is 1.56 bits per heavy atom. The van der Waals surface area contributed by atoms with E-state index in [0.29, 0.717) is 29.6 Å². The standard InChI is InChI=1S/C12H17IO5/c1-14-6-7-8(13)10(16-3)12(18-5)11(17-4)9(7)15-2/h6H2,1-5H3. The van der Waals surface area contributed by atoms with Gasteiger partial charge in [-0.05, 0) is 22.6 Å². The third kappa shape index (κ3) is 2.59. The Morgan fingerprint density at radius 1 is 0.722 bits per heavy atom. The highest BCUT2D eigenvalue weighted by molar-refractivity contribution is 14.1. The monoisotopic (exact) mass is 368 g/mol. The molecule has 0 heterocycles. The molecule has 0 aliphatic heterocycles. The fraction of sp³-hybridized carbons (Fsp3) is 0.500. The second kappa shape index (κ2) is 6.89. The molecule has 0 amide bonds. The Bertz CT molecular complexity index is 420. The van der Waals surface area contributed by atoms with Crippen LogP contribution in [-0.4, -0.2) is 35.5 Å². The lowest BCUT2D eigenvalue weighted by atomic mass is 10.1. The van der Waals surface area contributed by atoms with Crippen LogP contribution in [0.3, 0.4) is 0 Å². The maximum absolute atomic E-state index is 5.40. The summed E-state index contributed by atoms with van der Waals surface area (Å²) in [5.41, 5.74) is 0.870. The van der Waals surface area contributed by atoms with Gasteiger partial charge in [0.05, 0.1) is 38.6 Å². The van der Waals surface area contributed by atoms with Crippen LogP contribution < -0.4 is 18.9 Å². The number of hydrogen-bond donors (Lipinski definition) is 0. The number of methoxy groups -OCH3 is 5. The average molecular weight is 368 g/mol. The van der Waals surface area contributed by atoms with Crippen LogP contribution >= 0.6 is 22.6 Å². The highest BCUT2D eigenvalue weighted by atomic mass is 127. The first kappa shape index (κ1) is 15.2. The maximum atomic E-state index is 5.40. The van der Waals surface area contributed by atoms with Crippen molar-refractivity contribution in [2.24, 2.45) is 0 Å². The fourth-order valence-electron chi connectivity index (χ4n) is 1.72. The van der Waals surface area contributed by atoms with Gasteiger partial charge in [0.2, 0.25) is 11.5 Å². The lowest BCUT2D eigenvalue weighted by molar-refractivity contribution is 0.179. The Kier molecular flexibility index (Phi) is 5.80. The van der Waals surface area contributed by atoms with Crippen molar-refractivity contribution in [3.05, 3.63) is 9.13 Å². The number of hydrogen-bond acceptors (Lipinski definition) is 5. The van der Waals surface area contributed by atoms with Crippen LogP contribution in [0.4, 0.5) is 0 Å². The van der Waals surface area contributed by atoms with E-state index in [1.54, 1.807) is 35.5 Å². The van der Waals surface area contributed by atoms with Gasteiger partial charge in [-0.25, -0.2) is 0 Å². The third-order valence-electron chi connectivity index (χ3n) is 2.46. The molecule has 0 fully saturated rings. The van der Waals surface area contributed by atoms with Gasteiger partial charge in [-0.3, -0.25) is 0 Å². The number of benzene rings is 1.